The van der Waals surface area contributed by atoms with Gasteiger partial charge in [0.15, 0.2) is 5.13 Å². The summed E-state index contributed by atoms with van der Waals surface area (Å²) in [6, 6.07) is 11.3. The van der Waals surface area contributed by atoms with Gasteiger partial charge in [-0.2, -0.15) is 0 Å². The number of aromatic nitrogens is 2. The summed E-state index contributed by atoms with van der Waals surface area (Å²) in [5.41, 5.74) is 2.11. The maximum atomic E-state index is 13.4. The summed E-state index contributed by atoms with van der Waals surface area (Å²) in [7, 11) is 0. The lowest BCUT2D eigenvalue weighted by atomic mass is 10.0. The molecule has 130 valence electrons. The van der Waals surface area contributed by atoms with E-state index in [9.17, 15) is 4.39 Å². The van der Waals surface area contributed by atoms with Crippen molar-refractivity contribution in [2.75, 3.05) is 18.4 Å². The van der Waals surface area contributed by atoms with Crippen molar-refractivity contribution in [3.63, 3.8) is 0 Å². The number of benzene rings is 1. The molecule has 1 atom stereocenters. The maximum Gasteiger partial charge on any atom is 0.193 e. The molecular weight excluding hydrogens is 335 g/mol. The maximum absolute atomic E-state index is 13.4. The number of hydrogen-bond acceptors (Lipinski definition) is 4. The van der Waals surface area contributed by atoms with Gasteiger partial charge < -0.3 is 5.32 Å². The van der Waals surface area contributed by atoms with Crippen LogP contribution in [0.25, 0.3) is 5.13 Å². The van der Waals surface area contributed by atoms with Gasteiger partial charge in [-0.15, -0.1) is 11.3 Å². The van der Waals surface area contributed by atoms with Crippen molar-refractivity contribution in [1.82, 2.24) is 14.5 Å². The molecule has 1 fully saturated rings. The number of rotatable bonds is 5. The number of piperidine rings is 1. The van der Waals surface area contributed by atoms with E-state index in [1.165, 1.54) is 11.8 Å². The molecule has 0 aliphatic carbocycles. The zero-order chi connectivity index (χ0) is 17.1. The van der Waals surface area contributed by atoms with Crippen molar-refractivity contribution in [3.05, 3.63) is 65.7 Å². The molecule has 1 aromatic carbocycles. The normalized spacial score (nSPS) is 18.4. The summed E-state index contributed by atoms with van der Waals surface area (Å²) in [5.74, 6) is -0.195. The molecule has 0 radical (unpaired) electrons. The lowest BCUT2D eigenvalue weighted by Gasteiger charge is -2.33. The largest absolute Gasteiger partial charge is 0.381 e. The van der Waals surface area contributed by atoms with Crippen LogP contribution in [0, 0.1) is 5.82 Å². The van der Waals surface area contributed by atoms with Crippen molar-refractivity contribution in [2.45, 2.75) is 25.4 Å². The van der Waals surface area contributed by atoms with Crippen LogP contribution < -0.4 is 5.32 Å². The van der Waals surface area contributed by atoms with Crippen molar-refractivity contribution >= 4 is 17.0 Å². The first kappa shape index (κ1) is 16.3. The van der Waals surface area contributed by atoms with E-state index >= 15 is 0 Å². The number of anilines is 1. The molecule has 0 saturated carbocycles. The van der Waals surface area contributed by atoms with Crippen LogP contribution in [0.2, 0.25) is 0 Å². The van der Waals surface area contributed by atoms with Gasteiger partial charge in [0.25, 0.3) is 0 Å². The topological polar surface area (TPSA) is 33.1 Å². The van der Waals surface area contributed by atoms with Gasteiger partial charge in [-0.3, -0.25) is 9.47 Å². The fourth-order valence-corrected chi connectivity index (χ4v) is 4.08. The highest BCUT2D eigenvalue weighted by molar-refractivity contribution is 7.12. The number of nitrogens with zero attached hydrogens (tertiary/aromatic N) is 3. The summed E-state index contributed by atoms with van der Waals surface area (Å²) in [6.45, 7) is 2.94. The van der Waals surface area contributed by atoms with Gasteiger partial charge in [0.05, 0.1) is 0 Å². The van der Waals surface area contributed by atoms with E-state index in [2.05, 4.69) is 38.1 Å². The number of hydrogen-bond donors (Lipinski definition) is 1. The van der Waals surface area contributed by atoms with Crippen LogP contribution in [0.3, 0.4) is 0 Å². The van der Waals surface area contributed by atoms with Crippen LogP contribution in [0.4, 0.5) is 10.1 Å². The Kier molecular flexibility index (Phi) is 4.81. The summed E-state index contributed by atoms with van der Waals surface area (Å²) in [6.07, 6.45) is 6.16. The zero-order valence-corrected chi connectivity index (χ0v) is 14.8. The van der Waals surface area contributed by atoms with E-state index in [-0.39, 0.29) is 5.82 Å². The molecule has 1 aliphatic heterocycles. The van der Waals surface area contributed by atoms with E-state index in [0.29, 0.717) is 6.04 Å². The summed E-state index contributed by atoms with van der Waals surface area (Å²) in [4.78, 5) is 6.86. The molecule has 3 heterocycles. The van der Waals surface area contributed by atoms with Crippen LogP contribution in [0.15, 0.2) is 54.2 Å². The van der Waals surface area contributed by atoms with Crippen molar-refractivity contribution < 1.29 is 4.39 Å². The van der Waals surface area contributed by atoms with E-state index in [0.717, 1.165) is 43.3 Å². The average molecular weight is 356 g/mol. The molecule has 3 aromatic rings. The first-order valence-electron chi connectivity index (χ1n) is 8.58. The third-order valence-corrected chi connectivity index (χ3v) is 5.32. The Bertz CT molecular complexity index is 814. The Morgan fingerprint density at radius 2 is 2.24 bits per heavy atom. The average Bonchev–Trinajstić information content (AvgIpc) is 3.26. The monoisotopic (exact) mass is 356 g/mol. The van der Waals surface area contributed by atoms with E-state index in [4.69, 9.17) is 0 Å². The van der Waals surface area contributed by atoms with Crippen molar-refractivity contribution in [3.8, 4) is 5.13 Å². The number of likely N-dealkylation sites (tertiary alicyclic amines) is 1. The Labute approximate surface area is 150 Å². The molecule has 0 spiro atoms. The highest BCUT2D eigenvalue weighted by Gasteiger charge is 2.21. The molecule has 0 bridgehead atoms. The molecule has 1 N–H and O–H groups in total. The SMILES string of the molecule is Fc1cccc(N[C@H]2CCCN(Cc3cccn3-c3nccs3)C2)c1. The van der Waals surface area contributed by atoms with Crippen LogP contribution in [0.1, 0.15) is 18.5 Å². The summed E-state index contributed by atoms with van der Waals surface area (Å²) >= 11 is 1.65. The van der Waals surface area contributed by atoms with Gasteiger partial charge in [0.2, 0.25) is 0 Å². The number of nitrogens with one attached hydrogen (secondary N) is 1. The Morgan fingerprint density at radius 1 is 1.28 bits per heavy atom. The van der Waals surface area contributed by atoms with Gasteiger partial charge in [-0.1, -0.05) is 6.07 Å². The minimum Gasteiger partial charge on any atom is -0.381 e. The minimum atomic E-state index is -0.195. The highest BCUT2D eigenvalue weighted by atomic mass is 32.1. The summed E-state index contributed by atoms with van der Waals surface area (Å²) < 4.78 is 15.5. The van der Waals surface area contributed by atoms with Crippen molar-refractivity contribution in [1.29, 1.82) is 0 Å². The standard InChI is InChI=1S/C19H21FN4S/c20-15-4-1-5-16(12-15)22-17-6-2-9-23(13-17)14-18-7-3-10-24(18)19-21-8-11-25-19/h1,3-5,7-8,10-12,17,22H,2,6,9,13-14H2/t17-/m0/s1. The van der Waals surface area contributed by atoms with E-state index in [1.807, 2.05) is 17.6 Å². The number of thiazole rings is 1. The van der Waals surface area contributed by atoms with Gasteiger partial charge >= 0.3 is 0 Å². The third kappa shape index (κ3) is 3.91. The molecular formula is C19H21FN4S. The molecule has 6 heteroatoms. The second-order valence-electron chi connectivity index (χ2n) is 6.41. The van der Waals surface area contributed by atoms with Crippen LogP contribution in [0.5, 0.6) is 0 Å². The third-order valence-electron chi connectivity index (χ3n) is 4.55. The molecule has 2 aromatic heterocycles. The Hall–Kier alpha value is -2.18. The number of halogens is 1. The fraction of sp³-hybridized carbons (Fsp3) is 0.316. The lowest BCUT2D eigenvalue weighted by molar-refractivity contribution is 0.205. The van der Waals surface area contributed by atoms with Crippen LogP contribution in [-0.4, -0.2) is 33.6 Å². The Morgan fingerprint density at radius 3 is 3.08 bits per heavy atom. The molecule has 1 saturated heterocycles. The zero-order valence-electron chi connectivity index (χ0n) is 13.9. The predicted molar refractivity (Wildman–Crippen MR) is 99.8 cm³/mol. The predicted octanol–water partition coefficient (Wildman–Crippen LogP) is 4.15. The van der Waals surface area contributed by atoms with Gasteiger partial charge in [0, 0.05) is 48.3 Å². The van der Waals surface area contributed by atoms with Gasteiger partial charge in [0.1, 0.15) is 5.82 Å². The highest BCUT2D eigenvalue weighted by Crippen LogP contribution is 2.21. The first-order valence-corrected chi connectivity index (χ1v) is 9.46. The van der Waals surface area contributed by atoms with Gasteiger partial charge in [-0.05, 0) is 49.7 Å². The van der Waals surface area contributed by atoms with Crippen molar-refractivity contribution in [2.24, 2.45) is 0 Å². The molecule has 1 aliphatic rings. The second-order valence-corrected chi connectivity index (χ2v) is 7.29. The molecule has 4 nitrogen and oxygen atoms in total. The summed E-state index contributed by atoms with van der Waals surface area (Å²) in [5, 5.41) is 6.48. The van der Waals surface area contributed by atoms with Crippen LogP contribution >= 0.6 is 11.3 Å². The molecule has 0 unspecified atom stereocenters. The fourth-order valence-electron chi connectivity index (χ4n) is 3.43. The van der Waals surface area contributed by atoms with Gasteiger partial charge in [-0.25, -0.2) is 9.37 Å². The quantitative estimate of drug-likeness (QED) is 0.745. The smallest absolute Gasteiger partial charge is 0.193 e. The minimum absolute atomic E-state index is 0.195. The second kappa shape index (κ2) is 7.37. The first-order chi connectivity index (χ1) is 12.3. The van der Waals surface area contributed by atoms with Crippen LogP contribution in [-0.2, 0) is 6.54 Å². The lowest BCUT2D eigenvalue weighted by Crippen LogP contribution is -2.41. The van der Waals surface area contributed by atoms with E-state index in [1.54, 1.807) is 23.5 Å². The molecule has 4 rings (SSSR count). The van der Waals surface area contributed by atoms with E-state index < -0.39 is 0 Å². The Balaban J connectivity index is 1.41. The molecule has 25 heavy (non-hydrogen) atoms. The molecule has 0 amide bonds.